The van der Waals surface area contributed by atoms with Gasteiger partial charge in [0, 0.05) is 31.0 Å². The van der Waals surface area contributed by atoms with E-state index in [9.17, 15) is 4.79 Å². The lowest BCUT2D eigenvalue weighted by Gasteiger charge is -2.10. The molecule has 0 radical (unpaired) electrons. The van der Waals surface area contributed by atoms with Crippen molar-refractivity contribution in [3.63, 3.8) is 0 Å². The van der Waals surface area contributed by atoms with Gasteiger partial charge in [-0.3, -0.25) is 13.9 Å². The van der Waals surface area contributed by atoms with Gasteiger partial charge in [0.2, 0.25) is 0 Å². The van der Waals surface area contributed by atoms with Crippen molar-refractivity contribution in [1.29, 1.82) is 0 Å². The van der Waals surface area contributed by atoms with Crippen molar-refractivity contribution in [3.05, 3.63) is 69.7 Å². The van der Waals surface area contributed by atoms with Crippen molar-refractivity contribution in [3.8, 4) is 5.69 Å². The lowest BCUT2D eigenvalue weighted by atomic mass is 10.3. The Balaban J connectivity index is 1.90. The summed E-state index contributed by atoms with van der Waals surface area (Å²) in [7, 11) is 1.65. The number of nitrogens with zero attached hydrogens (tertiary/aromatic N) is 5. The quantitative estimate of drug-likeness (QED) is 0.387. The van der Waals surface area contributed by atoms with Crippen LogP contribution in [-0.2, 0) is 11.3 Å². The van der Waals surface area contributed by atoms with E-state index in [2.05, 4.69) is 0 Å². The van der Waals surface area contributed by atoms with Crippen LogP contribution in [0.15, 0.2) is 53.3 Å². The first kappa shape index (κ1) is 19.7. The van der Waals surface area contributed by atoms with E-state index >= 15 is 0 Å². The van der Waals surface area contributed by atoms with Crippen LogP contribution in [0.3, 0.4) is 0 Å². The number of methoxy groups -OCH3 is 1. The van der Waals surface area contributed by atoms with Crippen LogP contribution in [0, 0.1) is 6.92 Å². The van der Waals surface area contributed by atoms with Crippen LogP contribution in [0.5, 0.6) is 0 Å². The third kappa shape index (κ3) is 3.26. The molecule has 5 aromatic rings. The van der Waals surface area contributed by atoms with Crippen LogP contribution in [0.1, 0.15) is 12.2 Å². The second-order valence-electron chi connectivity index (χ2n) is 7.36. The number of aromatic nitrogens is 5. The molecule has 31 heavy (non-hydrogen) atoms. The van der Waals surface area contributed by atoms with E-state index in [0.717, 1.165) is 23.1 Å². The van der Waals surface area contributed by atoms with Crippen LogP contribution < -0.4 is 5.56 Å². The molecule has 5 rings (SSSR count). The Kier molecular flexibility index (Phi) is 4.92. The standard InChI is InChI=1S/C23H20ClN5O2/c1-14-25-21-19(23(30)28(14)12-5-13-31-2)20-22(27-18-7-4-3-6-17(18)26-20)29(21)16-10-8-15(24)9-11-16/h3-4,6-11H,5,12-13H2,1-2H3. The number of benzene rings is 2. The Morgan fingerprint density at radius 3 is 2.39 bits per heavy atom. The van der Waals surface area contributed by atoms with E-state index in [0.29, 0.717) is 46.2 Å². The molecule has 0 bridgehead atoms. The summed E-state index contributed by atoms with van der Waals surface area (Å²) in [6.45, 7) is 2.94. The minimum atomic E-state index is -0.124. The Morgan fingerprint density at radius 1 is 0.968 bits per heavy atom. The second kappa shape index (κ2) is 7.76. The molecule has 0 fully saturated rings. The SMILES string of the molecule is COCCCn1c(C)nc2c(c1=O)c1nc3ccccc3nc1n2-c1ccc(Cl)cc1. The van der Waals surface area contributed by atoms with Crippen molar-refractivity contribution in [2.45, 2.75) is 19.9 Å². The highest BCUT2D eigenvalue weighted by molar-refractivity contribution is 6.30. The first-order chi connectivity index (χ1) is 15.1. The highest BCUT2D eigenvalue weighted by Gasteiger charge is 2.22. The van der Waals surface area contributed by atoms with Crippen LogP contribution >= 0.6 is 11.6 Å². The zero-order chi connectivity index (χ0) is 21.5. The van der Waals surface area contributed by atoms with Gasteiger partial charge in [0.15, 0.2) is 11.3 Å². The van der Waals surface area contributed by atoms with E-state index < -0.39 is 0 Å². The van der Waals surface area contributed by atoms with Gasteiger partial charge in [-0.2, -0.15) is 0 Å². The van der Waals surface area contributed by atoms with Crippen LogP contribution in [0.25, 0.3) is 38.9 Å². The Labute approximate surface area is 182 Å². The smallest absolute Gasteiger partial charge is 0.265 e. The van der Waals surface area contributed by atoms with Gasteiger partial charge in [-0.15, -0.1) is 0 Å². The molecule has 0 spiro atoms. The number of rotatable bonds is 5. The lowest BCUT2D eigenvalue weighted by Crippen LogP contribution is -2.24. The molecule has 3 aromatic heterocycles. The van der Waals surface area contributed by atoms with Gasteiger partial charge in [0.05, 0.1) is 11.0 Å². The van der Waals surface area contributed by atoms with Gasteiger partial charge in [0.25, 0.3) is 5.56 Å². The summed E-state index contributed by atoms with van der Waals surface area (Å²) in [6, 6.07) is 15.0. The minimum absolute atomic E-state index is 0.124. The van der Waals surface area contributed by atoms with E-state index in [1.165, 1.54) is 0 Å². The summed E-state index contributed by atoms with van der Waals surface area (Å²) in [5, 5.41) is 1.09. The van der Waals surface area contributed by atoms with Gasteiger partial charge >= 0.3 is 0 Å². The average molecular weight is 434 g/mol. The van der Waals surface area contributed by atoms with Crippen molar-refractivity contribution < 1.29 is 4.74 Å². The van der Waals surface area contributed by atoms with Crippen LogP contribution in [0.4, 0.5) is 0 Å². The zero-order valence-electron chi connectivity index (χ0n) is 17.2. The highest BCUT2D eigenvalue weighted by Crippen LogP contribution is 2.29. The van der Waals surface area contributed by atoms with Gasteiger partial charge in [0.1, 0.15) is 16.7 Å². The first-order valence-corrected chi connectivity index (χ1v) is 10.4. The van der Waals surface area contributed by atoms with E-state index in [-0.39, 0.29) is 5.56 Å². The fourth-order valence-corrected chi connectivity index (χ4v) is 4.02. The molecule has 3 heterocycles. The summed E-state index contributed by atoms with van der Waals surface area (Å²) in [4.78, 5) is 28.0. The molecule has 7 nitrogen and oxygen atoms in total. The number of aryl methyl sites for hydroxylation is 1. The molecule has 0 atom stereocenters. The van der Waals surface area contributed by atoms with E-state index in [1.54, 1.807) is 11.7 Å². The molecule has 2 aromatic carbocycles. The fraction of sp³-hybridized carbons (Fsp3) is 0.217. The van der Waals surface area contributed by atoms with Crippen molar-refractivity contribution in [2.24, 2.45) is 0 Å². The van der Waals surface area contributed by atoms with Crippen LogP contribution in [-0.4, -0.2) is 37.8 Å². The van der Waals surface area contributed by atoms with Crippen LogP contribution in [0.2, 0.25) is 5.02 Å². The van der Waals surface area contributed by atoms with Crippen molar-refractivity contribution in [1.82, 2.24) is 24.1 Å². The third-order valence-electron chi connectivity index (χ3n) is 5.37. The summed E-state index contributed by atoms with van der Waals surface area (Å²) >= 11 is 6.10. The van der Waals surface area contributed by atoms with Gasteiger partial charge in [-0.05, 0) is 49.7 Å². The molecule has 0 saturated carbocycles. The number of hydrogen-bond donors (Lipinski definition) is 0. The summed E-state index contributed by atoms with van der Waals surface area (Å²) in [5.41, 5.74) is 3.86. The maximum Gasteiger partial charge on any atom is 0.265 e. The van der Waals surface area contributed by atoms with Crippen molar-refractivity contribution in [2.75, 3.05) is 13.7 Å². The number of ether oxygens (including phenoxy) is 1. The molecule has 156 valence electrons. The molecule has 0 unspecified atom stereocenters. The van der Waals surface area contributed by atoms with Gasteiger partial charge < -0.3 is 4.74 Å². The third-order valence-corrected chi connectivity index (χ3v) is 5.62. The summed E-state index contributed by atoms with van der Waals surface area (Å²) in [6.07, 6.45) is 0.717. The Morgan fingerprint density at radius 2 is 1.68 bits per heavy atom. The topological polar surface area (TPSA) is 74.8 Å². The second-order valence-corrected chi connectivity index (χ2v) is 7.79. The number of fused-ring (bicyclic) bond motifs is 4. The zero-order valence-corrected chi connectivity index (χ0v) is 17.9. The van der Waals surface area contributed by atoms with Gasteiger partial charge in [-0.25, -0.2) is 15.0 Å². The molecule has 0 aliphatic heterocycles. The predicted octanol–water partition coefficient (Wildman–Crippen LogP) is 4.28. The number of hydrogen-bond acceptors (Lipinski definition) is 5. The monoisotopic (exact) mass is 433 g/mol. The number of para-hydroxylation sites is 2. The number of halogens is 1. The summed E-state index contributed by atoms with van der Waals surface area (Å²) < 4.78 is 8.72. The summed E-state index contributed by atoms with van der Waals surface area (Å²) in [5.74, 6) is 0.635. The maximum atomic E-state index is 13.6. The van der Waals surface area contributed by atoms with Crippen molar-refractivity contribution >= 4 is 44.8 Å². The van der Waals surface area contributed by atoms with E-state index in [4.69, 9.17) is 31.3 Å². The predicted molar refractivity (Wildman–Crippen MR) is 122 cm³/mol. The molecule has 0 aliphatic carbocycles. The largest absolute Gasteiger partial charge is 0.385 e. The molecule has 0 aliphatic rings. The molecule has 0 saturated heterocycles. The molecule has 8 heteroatoms. The molecule has 0 amide bonds. The molecular formula is C23H20ClN5O2. The Bertz CT molecular complexity index is 1490. The van der Waals surface area contributed by atoms with Gasteiger partial charge in [-0.1, -0.05) is 23.7 Å². The Hall–Kier alpha value is -3.29. The fourth-order valence-electron chi connectivity index (χ4n) is 3.90. The normalized spacial score (nSPS) is 11.7. The molecule has 0 N–H and O–H groups in total. The first-order valence-electron chi connectivity index (χ1n) is 10.0. The maximum absolute atomic E-state index is 13.6. The van der Waals surface area contributed by atoms with E-state index in [1.807, 2.05) is 60.0 Å². The molecular weight excluding hydrogens is 414 g/mol. The highest BCUT2D eigenvalue weighted by atomic mass is 35.5. The average Bonchev–Trinajstić information content (AvgIpc) is 3.08. The minimum Gasteiger partial charge on any atom is -0.385 e. The lowest BCUT2D eigenvalue weighted by molar-refractivity contribution is 0.189.